The van der Waals surface area contributed by atoms with Crippen LogP contribution in [0.2, 0.25) is 0 Å². The SMILES string of the molecule is CCCCCN(C)C(=O)c1cccc(C)c1N. The van der Waals surface area contributed by atoms with Crippen molar-refractivity contribution in [3.63, 3.8) is 0 Å². The molecule has 0 radical (unpaired) electrons. The molecule has 17 heavy (non-hydrogen) atoms. The Morgan fingerprint density at radius 3 is 2.71 bits per heavy atom. The molecular weight excluding hydrogens is 212 g/mol. The number of hydrogen-bond donors (Lipinski definition) is 1. The van der Waals surface area contributed by atoms with Crippen molar-refractivity contribution in [1.29, 1.82) is 0 Å². The average Bonchev–Trinajstić information content (AvgIpc) is 2.32. The van der Waals surface area contributed by atoms with Crippen LogP contribution in [0.5, 0.6) is 0 Å². The van der Waals surface area contributed by atoms with Gasteiger partial charge in [-0.2, -0.15) is 0 Å². The van der Waals surface area contributed by atoms with Gasteiger partial charge >= 0.3 is 0 Å². The molecule has 1 rings (SSSR count). The Morgan fingerprint density at radius 1 is 1.35 bits per heavy atom. The molecule has 0 fully saturated rings. The van der Waals surface area contributed by atoms with Gasteiger partial charge in [0, 0.05) is 19.3 Å². The number of rotatable bonds is 5. The predicted molar refractivity (Wildman–Crippen MR) is 72.1 cm³/mol. The van der Waals surface area contributed by atoms with E-state index in [-0.39, 0.29) is 5.91 Å². The van der Waals surface area contributed by atoms with E-state index < -0.39 is 0 Å². The highest BCUT2D eigenvalue weighted by molar-refractivity contribution is 5.99. The number of benzene rings is 1. The summed E-state index contributed by atoms with van der Waals surface area (Å²) >= 11 is 0. The van der Waals surface area contributed by atoms with Gasteiger partial charge in [-0.1, -0.05) is 31.9 Å². The number of aryl methyl sites for hydroxylation is 1. The fourth-order valence-corrected chi connectivity index (χ4v) is 1.77. The third kappa shape index (κ3) is 3.48. The smallest absolute Gasteiger partial charge is 0.255 e. The van der Waals surface area contributed by atoms with E-state index in [0.717, 1.165) is 31.4 Å². The van der Waals surface area contributed by atoms with Crippen LogP contribution in [0.1, 0.15) is 42.1 Å². The van der Waals surface area contributed by atoms with Crippen LogP contribution in [0.15, 0.2) is 18.2 Å². The maximum Gasteiger partial charge on any atom is 0.255 e. The molecule has 0 spiro atoms. The number of hydrogen-bond acceptors (Lipinski definition) is 2. The molecule has 3 nitrogen and oxygen atoms in total. The monoisotopic (exact) mass is 234 g/mol. The highest BCUT2D eigenvalue weighted by Gasteiger charge is 2.14. The van der Waals surface area contributed by atoms with Gasteiger partial charge in [0.15, 0.2) is 0 Å². The lowest BCUT2D eigenvalue weighted by Gasteiger charge is -2.18. The molecule has 0 aliphatic heterocycles. The second kappa shape index (κ2) is 6.28. The molecule has 0 bridgehead atoms. The molecular formula is C14H22N2O. The van der Waals surface area contributed by atoms with Gasteiger partial charge in [0.2, 0.25) is 0 Å². The number of nitrogens with zero attached hydrogens (tertiary/aromatic N) is 1. The second-order valence-electron chi connectivity index (χ2n) is 4.47. The van der Waals surface area contributed by atoms with E-state index >= 15 is 0 Å². The Balaban J connectivity index is 2.71. The third-order valence-electron chi connectivity index (χ3n) is 3.00. The Kier molecular flexibility index (Phi) is 5.01. The summed E-state index contributed by atoms with van der Waals surface area (Å²) in [6.45, 7) is 4.86. The molecule has 1 aromatic rings. The number of carbonyl (C=O) groups excluding carboxylic acids is 1. The van der Waals surface area contributed by atoms with Gasteiger partial charge in [0.25, 0.3) is 5.91 Å². The lowest BCUT2D eigenvalue weighted by Crippen LogP contribution is -2.28. The van der Waals surface area contributed by atoms with Crippen molar-refractivity contribution < 1.29 is 4.79 Å². The van der Waals surface area contributed by atoms with Crippen LogP contribution in [0, 0.1) is 6.92 Å². The highest BCUT2D eigenvalue weighted by atomic mass is 16.2. The zero-order valence-corrected chi connectivity index (χ0v) is 11.0. The Bertz CT molecular complexity index is 388. The first-order chi connectivity index (χ1) is 8.07. The topological polar surface area (TPSA) is 46.3 Å². The van der Waals surface area contributed by atoms with Crippen LogP contribution in [0.3, 0.4) is 0 Å². The van der Waals surface area contributed by atoms with Crippen LogP contribution >= 0.6 is 0 Å². The van der Waals surface area contributed by atoms with E-state index in [1.807, 2.05) is 26.1 Å². The highest BCUT2D eigenvalue weighted by Crippen LogP contribution is 2.18. The summed E-state index contributed by atoms with van der Waals surface area (Å²) in [5, 5.41) is 0. The minimum Gasteiger partial charge on any atom is -0.398 e. The molecule has 0 aliphatic rings. The molecule has 0 saturated heterocycles. The number of unbranched alkanes of at least 4 members (excludes halogenated alkanes) is 2. The molecule has 0 aliphatic carbocycles. The summed E-state index contributed by atoms with van der Waals surface area (Å²) in [5.74, 6) is 0.0160. The molecule has 2 N–H and O–H groups in total. The van der Waals surface area contributed by atoms with Crippen LogP contribution in [0.4, 0.5) is 5.69 Å². The van der Waals surface area contributed by atoms with Crippen molar-refractivity contribution in [2.75, 3.05) is 19.3 Å². The fraction of sp³-hybridized carbons (Fsp3) is 0.500. The Labute approximate surface area is 104 Å². The summed E-state index contributed by atoms with van der Waals surface area (Å²) in [4.78, 5) is 13.9. The van der Waals surface area contributed by atoms with E-state index in [9.17, 15) is 4.79 Å². The zero-order valence-electron chi connectivity index (χ0n) is 11.0. The van der Waals surface area contributed by atoms with Gasteiger partial charge < -0.3 is 10.6 Å². The van der Waals surface area contributed by atoms with E-state index in [4.69, 9.17) is 5.73 Å². The predicted octanol–water partition coefficient (Wildman–Crippen LogP) is 2.84. The van der Waals surface area contributed by atoms with E-state index in [1.54, 1.807) is 11.0 Å². The van der Waals surface area contributed by atoms with Gasteiger partial charge in [0.05, 0.1) is 5.56 Å². The first-order valence-corrected chi connectivity index (χ1v) is 6.18. The van der Waals surface area contributed by atoms with Crippen molar-refractivity contribution in [2.45, 2.75) is 33.1 Å². The number of nitrogen functional groups attached to an aromatic ring is 1. The molecule has 0 heterocycles. The van der Waals surface area contributed by atoms with Gasteiger partial charge in [-0.15, -0.1) is 0 Å². The number of para-hydroxylation sites is 1. The lowest BCUT2D eigenvalue weighted by atomic mass is 10.1. The molecule has 0 atom stereocenters. The van der Waals surface area contributed by atoms with Gasteiger partial charge in [-0.05, 0) is 25.0 Å². The normalized spacial score (nSPS) is 10.3. The fourth-order valence-electron chi connectivity index (χ4n) is 1.77. The molecule has 94 valence electrons. The Morgan fingerprint density at radius 2 is 2.06 bits per heavy atom. The molecule has 1 aromatic carbocycles. The largest absolute Gasteiger partial charge is 0.398 e. The number of amides is 1. The van der Waals surface area contributed by atoms with Crippen LogP contribution in [0.25, 0.3) is 0 Å². The van der Waals surface area contributed by atoms with E-state index in [1.165, 1.54) is 0 Å². The molecule has 3 heteroatoms. The maximum atomic E-state index is 12.2. The van der Waals surface area contributed by atoms with Crippen molar-refractivity contribution in [1.82, 2.24) is 4.90 Å². The third-order valence-corrected chi connectivity index (χ3v) is 3.00. The zero-order chi connectivity index (χ0) is 12.8. The number of nitrogens with two attached hydrogens (primary N) is 1. The number of anilines is 1. The molecule has 0 aromatic heterocycles. The first-order valence-electron chi connectivity index (χ1n) is 6.18. The first kappa shape index (κ1) is 13.6. The van der Waals surface area contributed by atoms with Crippen molar-refractivity contribution in [3.8, 4) is 0 Å². The summed E-state index contributed by atoms with van der Waals surface area (Å²) < 4.78 is 0. The van der Waals surface area contributed by atoms with Crippen molar-refractivity contribution >= 4 is 11.6 Å². The van der Waals surface area contributed by atoms with Gasteiger partial charge in [0.1, 0.15) is 0 Å². The van der Waals surface area contributed by atoms with Gasteiger partial charge in [-0.3, -0.25) is 4.79 Å². The summed E-state index contributed by atoms with van der Waals surface area (Å²) in [5.41, 5.74) is 8.10. The Hall–Kier alpha value is -1.51. The lowest BCUT2D eigenvalue weighted by molar-refractivity contribution is 0.0793. The molecule has 0 saturated carbocycles. The van der Waals surface area contributed by atoms with Gasteiger partial charge in [-0.25, -0.2) is 0 Å². The quantitative estimate of drug-likeness (QED) is 0.629. The summed E-state index contributed by atoms with van der Waals surface area (Å²) in [6, 6.07) is 5.59. The van der Waals surface area contributed by atoms with E-state index in [0.29, 0.717) is 11.3 Å². The maximum absolute atomic E-state index is 12.2. The summed E-state index contributed by atoms with van der Waals surface area (Å²) in [7, 11) is 1.83. The van der Waals surface area contributed by atoms with Crippen LogP contribution < -0.4 is 5.73 Å². The van der Waals surface area contributed by atoms with Crippen molar-refractivity contribution in [2.24, 2.45) is 0 Å². The van der Waals surface area contributed by atoms with Crippen LogP contribution in [-0.4, -0.2) is 24.4 Å². The molecule has 1 amide bonds. The number of carbonyl (C=O) groups is 1. The molecule has 0 unspecified atom stereocenters. The van der Waals surface area contributed by atoms with Crippen molar-refractivity contribution in [3.05, 3.63) is 29.3 Å². The minimum absolute atomic E-state index is 0.0160. The average molecular weight is 234 g/mol. The standard InChI is InChI=1S/C14H22N2O/c1-4-5-6-10-16(3)14(17)12-9-7-8-11(2)13(12)15/h7-9H,4-6,10,15H2,1-3H3. The summed E-state index contributed by atoms with van der Waals surface area (Å²) in [6.07, 6.45) is 3.36. The second-order valence-corrected chi connectivity index (χ2v) is 4.47. The minimum atomic E-state index is 0.0160. The van der Waals surface area contributed by atoms with Crippen LogP contribution in [-0.2, 0) is 0 Å². The van der Waals surface area contributed by atoms with E-state index in [2.05, 4.69) is 6.92 Å².